The van der Waals surface area contributed by atoms with Crippen molar-refractivity contribution in [1.82, 2.24) is 14.8 Å². The van der Waals surface area contributed by atoms with E-state index in [0.29, 0.717) is 24.6 Å². The summed E-state index contributed by atoms with van der Waals surface area (Å²) in [6, 6.07) is 13.8. The van der Waals surface area contributed by atoms with Crippen molar-refractivity contribution in [2.75, 3.05) is 18.6 Å². The van der Waals surface area contributed by atoms with Gasteiger partial charge in [-0.05, 0) is 49.2 Å². The average molecular weight is 421 g/mol. The molecule has 0 radical (unpaired) electrons. The zero-order chi connectivity index (χ0) is 21.1. The number of fused-ring (bicyclic) bond motifs is 1. The zero-order valence-electron chi connectivity index (χ0n) is 17.3. The van der Waals surface area contributed by atoms with Crippen LogP contribution in [0.5, 0.6) is 5.75 Å². The normalized spacial score (nSPS) is 11.0. The Morgan fingerprint density at radius 1 is 1.20 bits per heavy atom. The van der Waals surface area contributed by atoms with Crippen molar-refractivity contribution in [2.24, 2.45) is 0 Å². The van der Waals surface area contributed by atoms with Crippen LogP contribution in [0.1, 0.15) is 16.7 Å². The lowest BCUT2D eigenvalue weighted by Gasteiger charge is -2.20. The van der Waals surface area contributed by atoms with Crippen molar-refractivity contribution in [3.8, 4) is 5.75 Å². The molecule has 0 fully saturated rings. The zero-order valence-corrected chi connectivity index (χ0v) is 18.1. The molecule has 0 saturated carbocycles. The topological polar surface area (TPSA) is 60.2 Å². The van der Waals surface area contributed by atoms with Crippen molar-refractivity contribution in [3.05, 3.63) is 71.5 Å². The Morgan fingerprint density at radius 2 is 2.07 bits per heavy atom. The number of nitrogens with zero attached hydrogens (tertiary/aromatic N) is 4. The van der Waals surface area contributed by atoms with Crippen LogP contribution in [0.25, 0.3) is 10.2 Å². The Balaban J connectivity index is 1.63. The Morgan fingerprint density at radius 3 is 2.80 bits per heavy atom. The van der Waals surface area contributed by atoms with E-state index >= 15 is 0 Å². The van der Waals surface area contributed by atoms with Gasteiger partial charge in [-0.3, -0.25) is 14.4 Å². The van der Waals surface area contributed by atoms with Gasteiger partial charge in [-0.2, -0.15) is 5.10 Å². The summed E-state index contributed by atoms with van der Waals surface area (Å²) in [5.74, 6) is 0.808. The van der Waals surface area contributed by atoms with Crippen LogP contribution in [0, 0.1) is 13.8 Å². The monoisotopic (exact) mass is 420 g/mol. The minimum absolute atomic E-state index is 0.0279. The second kappa shape index (κ2) is 8.67. The van der Waals surface area contributed by atoms with E-state index in [2.05, 4.69) is 18.1 Å². The minimum atomic E-state index is 0.0279. The van der Waals surface area contributed by atoms with Crippen LogP contribution >= 0.6 is 11.3 Å². The summed E-state index contributed by atoms with van der Waals surface area (Å²) in [6.45, 7) is 5.21. The first kappa shape index (κ1) is 20.1. The number of hydrogen-bond donors (Lipinski definition) is 0. The number of aryl methyl sites for hydroxylation is 2. The number of aromatic nitrogens is 3. The number of hydrogen-bond acceptors (Lipinski definition) is 5. The molecule has 0 saturated heterocycles. The predicted molar refractivity (Wildman–Crippen MR) is 120 cm³/mol. The lowest BCUT2D eigenvalue weighted by molar-refractivity contribution is -0.118. The van der Waals surface area contributed by atoms with Gasteiger partial charge in [0.25, 0.3) is 0 Å². The summed E-state index contributed by atoms with van der Waals surface area (Å²) < 4.78 is 8.14. The average Bonchev–Trinajstić information content (AvgIpc) is 3.39. The van der Waals surface area contributed by atoms with Crippen LogP contribution in [0.15, 0.2) is 54.9 Å². The molecule has 0 unspecified atom stereocenters. The van der Waals surface area contributed by atoms with Gasteiger partial charge in [-0.1, -0.05) is 35.1 Å². The number of amides is 1. The summed E-state index contributed by atoms with van der Waals surface area (Å²) in [7, 11) is 1.65. The van der Waals surface area contributed by atoms with Crippen molar-refractivity contribution in [2.45, 2.75) is 26.8 Å². The van der Waals surface area contributed by atoms with E-state index in [4.69, 9.17) is 9.72 Å². The number of carbonyl (C=O) groups excluding carboxylic acids is 1. The minimum Gasteiger partial charge on any atom is -0.497 e. The quantitative estimate of drug-likeness (QED) is 0.445. The van der Waals surface area contributed by atoms with Gasteiger partial charge in [0.1, 0.15) is 5.75 Å². The number of methoxy groups -OCH3 is 1. The van der Waals surface area contributed by atoms with Crippen molar-refractivity contribution < 1.29 is 9.53 Å². The molecule has 154 valence electrons. The first-order chi connectivity index (χ1) is 14.5. The number of benzene rings is 2. The van der Waals surface area contributed by atoms with Gasteiger partial charge in [0, 0.05) is 18.9 Å². The van der Waals surface area contributed by atoms with Gasteiger partial charge in [0.05, 0.1) is 30.3 Å². The maximum atomic E-state index is 13.3. The fourth-order valence-electron chi connectivity index (χ4n) is 3.40. The molecule has 0 spiro atoms. The molecule has 4 aromatic rings. The van der Waals surface area contributed by atoms with Gasteiger partial charge < -0.3 is 4.74 Å². The number of carbonyl (C=O) groups is 1. The van der Waals surface area contributed by atoms with Gasteiger partial charge in [0.2, 0.25) is 5.91 Å². The van der Waals surface area contributed by atoms with Crippen molar-refractivity contribution in [1.29, 1.82) is 0 Å². The van der Waals surface area contributed by atoms with E-state index in [1.54, 1.807) is 18.2 Å². The summed E-state index contributed by atoms with van der Waals surface area (Å²) in [6.07, 6.45) is 3.98. The Kier molecular flexibility index (Phi) is 5.81. The molecule has 7 heteroatoms. The van der Waals surface area contributed by atoms with E-state index in [0.717, 1.165) is 27.1 Å². The molecular formula is C23H24N4O2S. The molecule has 1 amide bonds. The molecule has 0 aliphatic heterocycles. The van der Waals surface area contributed by atoms with Gasteiger partial charge in [-0.25, -0.2) is 4.98 Å². The molecule has 2 heterocycles. The molecule has 4 rings (SSSR count). The van der Waals surface area contributed by atoms with Crippen LogP contribution in [0.2, 0.25) is 0 Å². The van der Waals surface area contributed by atoms with Crippen LogP contribution in [0.3, 0.4) is 0 Å². The van der Waals surface area contributed by atoms with Crippen molar-refractivity contribution in [3.63, 3.8) is 0 Å². The number of anilines is 1. The van der Waals surface area contributed by atoms with E-state index in [1.807, 2.05) is 54.2 Å². The molecule has 0 atom stereocenters. The highest BCUT2D eigenvalue weighted by Crippen LogP contribution is 2.32. The highest BCUT2D eigenvalue weighted by Gasteiger charge is 2.21. The highest BCUT2D eigenvalue weighted by molar-refractivity contribution is 7.22. The largest absolute Gasteiger partial charge is 0.497 e. The van der Waals surface area contributed by atoms with Crippen LogP contribution in [-0.4, -0.2) is 34.3 Å². The smallest absolute Gasteiger partial charge is 0.233 e. The third-order valence-corrected chi connectivity index (χ3v) is 6.11. The Labute approximate surface area is 179 Å². The second-order valence-electron chi connectivity index (χ2n) is 7.25. The number of rotatable bonds is 7. The summed E-state index contributed by atoms with van der Waals surface area (Å²) >= 11 is 1.50. The molecule has 2 aromatic heterocycles. The third kappa shape index (κ3) is 4.36. The van der Waals surface area contributed by atoms with Gasteiger partial charge >= 0.3 is 0 Å². The second-order valence-corrected chi connectivity index (χ2v) is 8.26. The molecule has 0 bridgehead atoms. The summed E-state index contributed by atoms with van der Waals surface area (Å²) in [5.41, 5.74) is 4.22. The molecule has 30 heavy (non-hydrogen) atoms. The summed E-state index contributed by atoms with van der Waals surface area (Å²) in [4.78, 5) is 19.8. The Hall–Kier alpha value is -3.19. The predicted octanol–water partition coefficient (Wildman–Crippen LogP) is 4.39. The summed E-state index contributed by atoms with van der Waals surface area (Å²) in [5, 5.41) is 4.95. The lowest BCUT2D eigenvalue weighted by Crippen LogP contribution is -2.35. The van der Waals surface area contributed by atoms with E-state index in [-0.39, 0.29) is 5.91 Å². The molecule has 0 N–H and O–H groups in total. The molecule has 6 nitrogen and oxygen atoms in total. The van der Waals surface area contributed by atoms with E-state index < -0.39 is 0 Å². The molecule has 0 aliphatic carbocycles. The fraction of sp³-hybridized carbons (Fsp3) is 0.261. The van der Waals surface area contributed by atoms with Gasteiger partial charge in [-0.15, -0.1) is 0 Å². The van der Waals surface area contributed by atoms with E-state index in [9.17, 15) is 4.79 Å². The van der Waals surface area contributed by atoms with Crippen LogP contribution in [-0.2, 0) is 17.8 Å². The Bertz CT molecular complexity index is 1170. The fourth-order valence-corrected chi connectivity index (χ4v) is 4.44. The maximum Gasteiger partial charge on any atom is 0.233 e. The number of thiazole rings is 1. The SMILES string of the molecule is COc1ccc2nc(N(CCn3cccn3)C(=O)Cc3ccc(C)cc3C)sc2c1. The first-order valence-corrected chi connectivity index (χ1v) is 10.6. The maximum absolute atomic E-state index is 13.3. The molecule has 2 aromatic carbocycles. The van der Waals surface area contributed by atoms with Gasteiger partial charge in [0.15, 0.2) is 5.13 Å². The standard InChI is InChI=1S/C23H24N4O2S/c1-16-5-6-18(17(2)13-16)14-22(28)27(12-11-26-10-4-9-24-26)23-25-20-8-7-19(29-3)15-21(20)30-23/h4-10,13,15H,11-12,14H2,1-3H3. The van der Waals surface area contributed by atoms with Crippen LogP contribution < -0.4 is 9.64 Å². The molecular weight excluding hydrogens is 396 g/mol. The first-order valence-electron chi connectivity index (χ1n) is 9.82. The van der Waals surface area contributed by atoms with E-state index in [1.165, 1.54) is 16.9 Å². The van der Waals surface area contributed by atoms with Crippen molar-refractivity contribution >= 4 is 32.6 Å². The highest BCUT2D eigenvalue weighted by atomic mass is 32.1. The molecule has 0 aliphatic rings. The third-order valence-electron chi connectivity index (χ3n) is 5.07. The number of ether oxygens (including phenoxy) is 1. The van der Waals surface area contributed by atoms with Crippen LogP contribution in [0.4, 0.5) is 5.13 Å². The lowest BCUT2D eigenvalue weighted by atomic mass is 10.0.